The van der Waals surface area contributed by atoms with Gasteiger partial charge in [-0.15, -0.1) is 0 Å². The second-order valence-corrected chi connectivity index (χ2v) is 4.29. The molecule has 0 bridgehead atoms. The lowest BCUT2D eigenvalue weighted by molar-refractivity contribution is -0.141. The maximum Gasteiger partial charge on any atom is 0.435 e. The highest BCUT2D eigenvalue weighted by Gasteiger charge is 2.34. The van der Waals surface area contributed by atoms with Crippen LogP contribution in [-0.2, 0) is 17.5 Å². The fourth-order valence-electron chi connectivity index (χ4n) is 1.73. The van der Waals surface area contributed by atoms with E-state index in [9.17, 15) is 18.0 Å². The summed E-state index contributed by atoms with van der Waals surface area (Å²) in [5.41, 5.74) is -1.02. The van der Waals surface area contributed by atoms with Crippen molar-refractivity contribution in [1.82, 2.24) is 15.1 Å². The van der Waals surface area contributed by atoms with Crippen molar-refractivity contribution in [2.24, 2.45) is 0 Å². The van der Waals surface area contributed by atoms with E-state index in [1.165, 1.54) is 0 Å². The molecule has 100 valence electrons. The standard InChI is InChI=1S/C10H12F3N3O2/c11-10(12,13)8-1-2-16(15-8)5-9(18)14-6-3-7(17)4-6/h1-2,6-7,17H,3-5H2,(H,14,18). The van der Waals surface area contributed by atoms with Crippen LogP contribution in [0, 0.1) is 0 Å². The minimum Gasteiger partial charge on any atom is -0.393 e. The molecule has 1 aromatic heterocycles. The van der Waals surface area contributed by atoms with E-state index in [1.54, 1.807) is 0 Å². The minimum absolute atomic E-state index is 0.0925. The first kappa shape index (κ1) is 12.9. The van der Waals surface area contributed by atoms with Crippen LogP contribution in [0.15, 0.2) is 12.3 Å². The first-order valence-electron chi connectivity index (χ1n) is 5.42. The van der Waals surface area contributed by atoms with Crippen LogP contribution in [0.4, 0.5) is 13.2 Å². The van der Waals surface area contributed by atoms with E-state index in [2.05, 4.69) is 10.4 Å². The molecule has 5 nitrogen and oxygen atoms in total. The van der Waals surface area contributed by atoms with Crippen molar-refractivity contribution < 1.29 is 23.1 Å². The van der Waals surface area contributed by atoms with E-state index in [4.69, 9.17) is 5.11 Å². The molecule has 1 aliphatic carbocycles. The Morgan fingerprint density at radius 1 is 1.56 bits per heavy atom. The van der Waals surface area contributed by atoms with Gasteiger partial charge in [0.1, 0.15) is 6.54 Å². The molecule has 0 aromatic carbocycles. The summed E-state index contributed by atoms with van der Waals surface area (Å²) in [6.45, 7) is -0.261. The summed E-state index contributed by atoms with van der Waals surface area (Å²) in [5.74, 6) is -0.413. The molecule has 1 saturated carbocycles. The molecule has 1 aliphatic rings. The van der Waals surface area contributed by atoms with Crippen molar-refractivity contribution >= 4 is 5.91 Å². The number of hydrogen-bond acceptors (Lipinski definition) is 3. The molecule has 1 amide bonds. The van der Waals surface area contributed by atoms with Crippen LogP contribution in [-0.4, -0.2) is 32.9 Å². The van der Waals surface area contributed by atoms with Crippen LogP contribution in [0.3, 0.4) is 0 Å². The zero-order valence-corrected chi connectivity index (χ0v) is 9.31. The maximum absolute atomic E-state index is 12.3. The first-order chi connectivity index (χ1) is 8.34. The van der Waals surface area contributed by atoms with Crippen LogP contribution in [0.1, 0.15) is 18.5 Å². The topological polar surface area (TPSA) is 67.2 Å². The maximum atomic E-state index is 12.3. The Bertz CT molecular complexity index is 438. The predicted molar refractivity (Wildman–Crippen MR) is 54.4 cm³/mol. The molecule has 0 spiro atoms. The molecule has 2 N–H and O–H groups in total. The Morgan fingerprint density at radius 2 is 2.22 bits per heavy atom. The summed E-state index contributed by atoms with van der Waals surface area (Å²) < 4.78 is 37.7. The van der Waals surface area contributed by atoms with Gasteiger partial charge in [-0.25, -0.2) is 0 Å². The van der Waals surface area contributed by atoms with Crippen molar-refractivity contribution in [3.05, 3.63) is 18.0 Å². The second-order valence-electron chi connectivity index (χ2n) is 4.29. The quantitative estimate of drug-likeness (QED) is 0.836. The molecule has 0 saturated heterocycles. The number of aliphatic hydroxyl groups excluding tert-OH is 1. The van der Waals surface area contributed by atoms with Gasteiger partial charge >= 0.3 is 6.18 Å². The van der Waals surface area contributed by atoms with Gasteiger partial charge in [-0.1, -0.05) is 0 Å². The number of carbonyl (C=O) groups excluding carboxylic acids is 1. The second kappa shape index (κ2) is 4.60. The van der Waals surface area contributed by atoms with E-state index in [0.717, 1.165) is 16.9 Å². The van der Waals surface area contributed by atoms with Gasteiger partial charge in [0.25, 0.3) is 0 Å². The molecule has 1 aromatic rings. The summed E-state index contributed by atoms with van der Waals surface area (Å²) in [5, 5.41) is 14.9. The molecule has 0 aliphatic heterocycles. The molecule has 0 atom stereocenters. The van der Waals surface area contributed by atoms with Gasteiger partial charge in [-0.05, 0) is 18.9 Å². The normalized spacial score (nSPS) is 23.6. The monoisotopic (exact) mass is 263 g/mol. The van der Waals surface area contributed by atoms with E-state index in [-0.39, 0.29) is 12.6 Å². The van der Waals surface area contributed by atoms with Crippen molar-refractivity contribution in [3.8, 4) is 0 Å². The average molecular weight is 263 g/mol. The molecule has 0 unspecified atom stereocenters. The Balaban J connectivity index is 1.85. The number of nitrogens with zero attached hydrogens (tertiary/aromatic N) is 2. The number of aliphatic hydroxyl groups is 1. The average Bonchev–Trinajstić information content (AvgIpc) is 2.63. The number of amides is 1. The number of hydrogen-bond donors (Lipinski definition) is 2. The van der Waals surface area contributed by atoms with Crippen molar-refractivity contribution in [2.45, 2.75) is 37.7 Å². The summed E-state index contributed by atoms with van der Waals surface area (Å²) >= 11 is 0. The van der Waals surface area contributed by atoms with E-state index in [1.807, 2.05) is 0 Å². The fourth-order valence-corrected chi connectivity index (χ4v) is 1.73. The molecule has 18 heavy (non-hydrogen) atoms. The summed E-state index contributed by atoms with van der Waals surface area (Å²) in [6.07, 6.45) is -2.81. The van der Waals surface area contributed by atoms with E-state index < -0.39 is 23.9 Å². The number of alkyl halides is 3. The van der Waals surface area contributed by atoms with Gasteiger partial charge in [0.2, 0.25) is 5.91 Å². The fraction of sp³-hybridized carbons (Fsp3) is 0.600. The van der Waals surface area contributed by atoms with Gasteiger partial charge in [0, 0.05) is 12.2 Å². The molecular weight excluding hydrogens is 251 g/mol. The summed E-state index contributed by atoms with van der Waals surface area (Å²) in [7, 11) is 0. The first-order valence-corrected chi connectivity index (χ1v) is 5.42. The predicted octanol–water partition coefficient (Wildman–Crippen LogP) is 0.541. The Kier molecular flexibility index (Phi) is 3.29. The zero-order valence-electron chi connectivity index (χ0n) is 9.31. The van der Waals surface area contributed by atoms with Crippen LogP contribution >= 0.6 is 0 Å². The minimum atomic E-state index is -4.50. The molecule has 2 rings (SSSR count). The number of aromatic nitrogens is 2. The third-order valence-electron chi connectivity index (χ3n) is 2.72. The van der Waals surface area contributed by atoms with Crippen LogP contribution in [0.2, 0.25) is 0 Å². The van der Waals surface area contributed by atoms with Gasteiger partial charge in [-0.2, -0.15) is 18.3 Å². The van der Waals surface area contributed by atoms with Crippen LogP contribution in [0.25, 0.3) is 0 Å². The largest absolute Gasteiger partial charge is 0.435 e. The summed E-state index contributed by atoms with van der Waals surface area (Å²) in [4.78, 5) is 11.4. The Morgan fingerprint density at radius 3 is 2.72 bits per heavy atom. The lowest BCUT2D eigenvalue weighted by atomic mass is 9.89. The lowest BCUT2D eigenvalue weighted by Crippen LogP contribution is -2.47. The number of rotatable bonds is 3. The number of halogens is 3. The van der Waals surface area contributed by atoms with Gasteiger partial charge in [0.15, 0.2) is 5.69 Å². The molecule has 0 radical (unpaired) electrons. The van der Waals surface area contributed by atoms with Gasteiger partial charge in [-0.3, -0.25) is 9.48 Å². The Hall–Kier alpha value is -1.57. The summed E-state index contributed by atoms with van der Waals surface area (Å²) in [6, 6.07) is 0.727. The molecule has 1 heterocycles. The Labute approximate surface area is 101 Å². The smallest absolute Gasteiger partial charge is 0.393 e. The third kappa shape index (κ3) is 3.00. The highest BCUT2D eigenvalue weighted by Crippen LogP contribution is 2.27. The van der Waals surface area contributed by atoms with Gasteiger partial charge < -0.3 is 10.4 Å². The number of carbonyl (C=O) groups is 1. The molecular formula is C10H12F3N3O2. The number of nitrogens with one attached hydrogen (secondary N) is 1. The molecule has 8 heteroatoms. The van der Waals surface area contributed by atoms with Crippen molar-refractivity contribution in [1.29, 1.82) is 0 Å². The third-order valence-corrected chi connectivity index (χ3v) is 2.72. The van der Waals surface area contributed by atoms with Crippen LogP contribution < -0.4 is 5.32 Å². The van der Waals surface area contributed by atoms with E-state index in [0.29, 0.717) is 12.8 Å². The van der Waals surface area contributed by atoms with Crippen molar-refractivity contribution in [3.63, 3.8) is 0 Å². The zero-order chi connectivity index (χ0) is 13.3. The highest BCUT2D eigenvalue weighted by atomic mass is 19.4. The van der Waals surface area contributed by atoms with E-state index >= 15 is 0 Å². The van der Waals surface area contributed by atoms with Crippen LogP contribution in [0.5, 0.6) is 0 Å². The highest BCUT2D eigenvalue weighted by molar-refractivity contribution is 5.76. The lowest BCUT2D eigenvalue weighted by Gasteiger charge is -2.31. The van der Waals surface area contributed by atoms with Gasteiger partial charge in [0.05, 0.1) is 6.10 Å². The van der Waals surface area contributed by atoms with Crippen molar-refractivity contribution in [2.75, 3.05) is 0 Å². The SMILES string of the molecule is O=C(Cn1ccc(C(F)(F)F)n1)NC1CC(O)C1. The molecule has 1 fully saturated rings.